The van der Waals surface area contributed by atoms with Crippen LogP contribution in [0.2, 0.25) is 0 Å². The van der Waals surface area contributed by atoms with E-state index in [1.165, 1.54) is 29.5 Å². The van der Waals surface area contributed by atoms with E-state index in [-0.39, 0.29) is 0 Å². The van der Waals surface area contributed by atoms with Gasteiger partial charge < -0.3 is 0 Å². The number of rotatable bonds is 3. The van der Waals surface area contributed by atoms with E-state index in [9.17, 15) is 5.26 Å². The molecule has 0 N–H and O–H groups in total. The zero-order valence-corrected chi connectivity index (χ0v) is 14.1. The number of benzene rings is 2. The van der Waals surface area contributed by atoms with E-state index in [1.807, 2.05) is 12.1 Å². The normalized spacial score (nSPS) is 22.9. The second-order valence-electron chi connectivity index (χ2n) is 7.01. The lowest BCUT2D eigenvalue weighted by atomic mass is 9.90. The van der Waals surface area contributed by atoms with E-state index in [0.29, 0.717) is 12.1 Å². The number of hydrogen-bond donors (Lipinski definition) is 0. The van der Waals surface area contributed by atoms with Gasteiger partial charge in [0.05, 0.1) is 11.6 Å². The first-order valence-electron chi connectivity index (χ1n) is 8.76. The summed E-state index contributed by atoms with van der Waals surface area (Å²) >= 11 is 0. The van der Waals surface area contributed by atoms with Crippen LogP contribution < -0.4 is 0 Å². The zero-order valence-electron chi connectivity index (χ0n) is 14.1. The van der Waals surface area contributed by atoms with Crippen molar-refractivity contribution >= 4 is 5.57 Å². The van der Waals surface area contributed by atoms with Gasteiger partial charge in [-0.2, -0.15) is 5.26 Å². The van der Waals surface area contributed by atoms with Crippen LogP contribution in [0, 0.1) is 18.3 Å². The molecule has 2 atom stereocenters. The lowest BCUT2D eigenvalue weighted by molar-refractivity contribution is 0.203. The van der Waals surface area contributed by atoms with Crippen LogP contribution in [0.1, 0.15) is 41.5 Å². The van der Waals surface area contributed by atoms with E-state index in [1.54, 1.807) is 0 Å². The Labute approximate surface area is 144 Å². The summed E-state index contributed by atoms with van der Waals surface area (Å²) in [5.41, 5.74) is 5.94. The zero-order chi connectivity index (χ0) is 16.5. The van der Waals surface area contributed by atoms with E-state index >= 15 is 0 Å². The van der Waals surface area contributed by atoms with Crippen LogP contribution >= 0.6 is 0 Å². The fourth-order valence-corrected chi connectivity index (χ4v) is 4.18. The van der Waals surface area contributed by atoms with Crippen molar-refractivity contribution in [2.45, 2.75) is 44.8 Å². The molecule has 0 aromatic heterocycles. The molecule has 0 aliphatic carbocycles. The summed E-state index contributed by atoms with van der Waals surface area (Å²) in [6.45, 7) is 3.13. The highest BCUT2D eigenvalue weighted by Crippen LogP contribution is 2.40. The van der Waals surface area contributed by atoms with Gasteiger partial charge in [0.25, 0.3) is 0 Å². The molecule has 2 heteroatoms. The van der Waals surface area contributed by atoms with Crippen molar-refractivity contribution < 1.29 is 0 Å². The first-order chi connectivity index (χ1) is 11.7. The molecular weight excluding hydrogens is 292 g/mol. The molecule has 120 valence electrons. The Kier molecular flexibility index (Phi) is 3.96. The van der Waals surface area contributed by atoms with Crippen molar-refractivity contribution in [3.8, 4) is 6.07 Å². The lowest BCUT2D eigenvalue weighted by Crippen LogP contribution is -2.37. The van der Waals surface area contributed by atoms with Gasteiger partial charge >= 0.3 is 0 Å². The summed E-state index contributed by atoms with van der Waals surface area (Å²) in [7, 11) is 0. The van der Waals surface area contributed by atoms with Crippen molar-refractivity contribution in [2.24, 2.45) is 0 Å². The Bertz CT molecular complexity index is 814. The standard InChI is InChI=1S/C22H22N2/c1-16-7-8-18(14-23)22(11-16)19-12-20-9-10-21(13-19)24(20)15-17-5-3-2-4-6-17/h2-8,11-12,20-21H,9-10,13,15H2,1H3. The molecule has 1 fully saturated rings. The number of hydrogen-bond acceptors (Lipinski definition) is 2. The molecule has 0 saturated carbocycles. The van der Waals surface area contributed by atoms with Crippen LogP contribution in [0.3, 0.4) is 0 Å². The van der Waals surface area contributed by atoms with Crippen molar-refractivity contribution in [3.05, 3.63) is 76.9 Å². The van der Waals surface area contributed by atoms with Gasteiger partial charge in [-0.05, 0) is 49.0 Å². The Morgan fingerprint density at radius 3 is 2.71 bits per heavy atom. The fourth-order valence-electron chi connectivity index (χ4n) is 4.18. The predicted octanol–water partition coefficient (Wildman–Crippen LogP) is 4.69. The fraction of sp³-hybridized carbons (Fsp3) is 0.318. The molecule has 2 aliphatic rings. The van der Waals surface area contributed by atoms with Gasteiger partial charge in [-0.25, -0.2) is 0 Å². The monoisotopic (exact) mass is 314 g/mol. The van der Waals surface area contributed by atoms with Gasteiger partial charge in [0.1, 0.15) is 0 Å². The molecule has 2 nitrogen and oxygen atoms in total. The number of aryl methyl sites for hydroxylation is 1. The van der Waals surface area contributed by atoms with Crippen LogP contribution in [-0.2, 0) is 6.54 Å². The Morgan fingerprint density at radius 1 is 1.12 bits per heavy atom. The molecule has 0 amide bonds. The third-order valence-corrected chi connectivity index (χ3v) is 5.39. The SMILES string of the molecule is Cc1ccc(C#N)c(C2=CC3CCC(C2)N3Cc2ccccc2)c1. The Balaban J connectivity index is 1.63. The third-order valence-electron chi connectivity index (χ3n) is 5.39. The largest absolute Gasteiger partial charge is 0.289 e. The summed E-state index contributed by atoms with van der Waals surface area (Å²) < 4.78 is 0. The number of nitriles is 1. The predicted molar refractivity (Wildman–Crippen MR) is 97.3 cm³/mol. The molecular formula is C22H22N2. The average Bonchev–Trinajstić information content (AvgIpc) is 2.84. The highest BCUT2D eigenvalue weighted by Gasteiger charge is 2.36. The second-order valence-corrected chi connectivity index (χ2v) is 7.01. The molecule has 24 heavy (non-hydrogen) atoms. The quantitative estimate of drug-likeness (QED) is 0.822. The van der Waals surface area contributed by atoms with Gasteiger partial charge in [0, 0.05) is 18.6 Å². The van der Waals surface area contributed by atoms with Crippen LogP contribution in [-0.4, -0.2) is 17.0 Å². The summed E-state index contributed by atoms with van der Waals surface area (Å²) in [5.74, 6) is 0. The van der Waals surface area contributed by atoms with Crippen molar-refractivity contribution in [3.63, 3.8) is 0 Å². The maximum Gasteiger partial charge on any atom is 0.0998 e. The van der Waals surface area contributed by atoms with Crippen LogP contribution in [0.5, 0.6) is 0 Å². The number of fused-ring (bicyclic) bond motifs is 2. The average molecular weight is 314 g/mol. The van der Waals surface area contributed by atoms with Crippen LogP contribution in [0.25, 0.3) is 5.57 Å². The molecule has 2 aromatic rings. The van der Waals surface area contributed by atoms with Crippen LogP contribution in [0.15, 0.2) is 54.6 Å². The Morgan fingerprint density at radius 2 is 1.96 bits per heavy atom. The minimum absolute atomic E-state index is 0.506. The molecule has 0 radical (unpaired) electrons. The first kappa shape index (κ1) is 15.2. The Hall–Kier alpha value is -2.37. The van der Waals surface area contributed by atoms with E-state index in [2.05, 4.69) is 60.4 Å². The summed E-state index contributed by atoms with van der Waals surface area (Å²) in [4.78, 5) is 2.64. The van der Waals surface area contributed by atoms with Gasteiger partial charge in [0.15, 0.2) is 0 Å². The third kappa shape index (κ3) is 2.77. The highest BCUT2D eigenvalue weighted by atomic mass is 15.2. The van der Waals surface area contributed by atoms with E-state index < -0.39 is 0 Å². The molecule has 4 rings (SSSR count). The van der Waals surface area contributed by atoms with Crippen LogP contribution in [0.4, 0.5) is 0 Å². The minimum Gasteiger partial charge on any atom is -0.289 e. The molecule has 2 aromatic carbocycles. The smallest absolute Gasteiger partial charge is 0.0998 e. The summed E-state index contributed by atoms with van der Waals surface area (Å²) in [5, 5.41) is 9.45. The van der Waals surface area contributed by atoms with E-state index in [0.717, 1.165) is 24.1 Å². The van der Waals surface area contributed by atoms with Crippen molar-refractivity contribution in [1.82, 2.24) is 4.90 Å². The van der Waals surface area contributed by atoms with E-state index in [4.69, 9.17) is 0 Å². The topological polar surface area (TPSA) is 27.0 Å². The molecule has 0 spiro atoms. The maximum atomic E-state index is 9.45. The highest BCUT2D eigenvalue weighted by molar-refractivity contribution is 5.73. The second kappa shape index (κ2) is 6.26. The minimum atomic E-state index is 0.506. The molecule has 2 bridgehead atoms. The van der Waals surface area contributed by atoms with Gasteiger partial charge in [-0.1, -0.05) is 54.1 Å². The number of nitrogens with zero attached hydrogens (tertiary/aromatic N) is 2. The van der Waals surface area contributed by atoms with Gasteiger partial charge in [0.2, 0.25) is 0 Å². The molecule has 2 unspecified atom stereocenters. The summed E-state index contributed by atoms with van der Waals surface area (Å²) in [6, 6.07) is 20.4. The lowest BCUT2D eigenvalue weighted by Gasteiger charge is -2.34. The molecule has 2 aliphatic heterocycles. The van der Waals surface area contributed by atoms with Gasteiger partial charge in [-0.3, -0.25) is 4.90 Å². The molecule has 1 saturated heterocycles. The first-order valence-corrected chi connectivity index (χ1v) is 8.76. The van der Waals surface area contributed by atoms with Crippen molar-refractivity contribution in [2.75, 3.05) is 0 Å². The summed E-state index contributed by atoms with van der Waals surface area (Å²) in [6.07, 6.45) is 5.96. The maximum absolute atomic E-state index is 9.45. The molecule has 2 heterocycles. The van der Waals surface area contributed by atoms with Crippen molar-refractivity contribution in [1.29, 1.82) is 5.26 Å². The van der Waals surface area contributed by atoms with Gasteiger partial charge in [-0.15, -0.1) is 0 Å².